The standard InChI is InChI=1S/C15H27N5S/c1-11-12(2)21-14(19-11)9-18-15(16-3)17-8-13-6-5-7-20(4)10-13/h13H,5-10H2,1-4H3,(H2,16,17,18). The van der Waals surface area contributed by atoms with Crippen molar-refractivity contribution in [3.05, 3.63) is 15.6 Å². The zero-order valence-corrected chi connectivity index (χ0v) is 14.4. The molecule has 1 aliphatic rings. The molecule has 1 unspecified atom stereocenters. The second-order valence-corrected chi connectivity index (χ2v) is 7.11. The van der Waals surface area contributed by atoms with Crippen molar-refractivity contribution in [1.82, 2.24) is 20.5 Å². The molecule has 6 heteroatoms. The summed E-state index contributed by atoms with van der Waals surface area (Å²) in [5.41, 5.74) is 1.13. The number of hydrogen-bond acceptors (Lipinski definition) is 4. The lowest BCUT2D eigenvalue weighted by molar-refractivity contribution is 0.210. The van der Waals surface area contributed by atoms with Crippen molar-refractivity contribution < 1.29 is 0 Å². The topological polar surface area (TPSA) is 52.6 Å². The Hall–Kier alpha value is -1.14. The average Bonchev–Trinajstić information content (AvgIpc) is 2.78. The number of aryl methyl sites for hydroxylation is 2. The number of rotatable bonds is 4. The second kappa shape index (κ2) is 7.75. The van der Waals surface area contributed by atoms with Crippen molar-refractivity contribution in [3.8, 4) is 0 Å². The first-order chi connectivity index (χ1) is 10.1. The number of aliphatic imine (C=N–C) groups is 1. The summed E-state index contributed by atoms with van der Waals surface area (Å²) >= 11 is 1.75. The highest BCUT2D eigenvalue weighted by molar-refractivity contribution is 7.11. The summed E-state index contributed by atoms with van der Waals surface area (Å²) in [6.07, 6.45) is 2.60. The number of nitrogens with one attached hydrogen (secondary N) is 2. The molecule has 0 amide bonds. The first-order valence-corrected chi connectivity index (χ1v) is 8.46. The van der Waals surface area contributed by atoms with Crippen LogP contribution in [0.5, 0.6) is 0 Å². The van der Waals surface area contributed by atoms with Crippen LogP contribution in [0.3, 0.4) is 0 Å². The predicted molar refractivity (Wildman–Crippen MR) is 90.0 cm³/mol. The van der Waals surface area contributed by atoms with E-state index in [-0.39, 0.29) is 0 Å². The summed E-state index contributed by atoms with van der Waals surface area (Å²) in [6.45, 7) is 8.30. The third-order valence-electron chi connectivity index (χ3n) is 3.98. The Labute approximate surface area is 131 Å². The van der Waals surface area contributed by atoms with Gasteiger partial charge in [-0.15, -0.1) is 11.3 Å². The Balaban J connectivity index is 1.75. The van der Waals surface area contributed by atoms with Crippen LogP contribution >= 0.6 is 11.3 Å². The van der Waals surface area contributed by atoms with Crippen LogP contribution in [-0.4, -0.2) is 49.6 Å². The fourth-order valence-electron chi connectivity index (χ4n) is 2.68. The van der Waals surface area contributed by atoms with Crippen LogP contribution in [0, 0.1) is 19.8 Å². The van der Waals surface area contributed by atoms with Gasteiger partial charge in [0.25, 0.3) is 0 Å². The molecular formula is C15H27N5S. The van der Waals surface area contributed by atoms with Gasteiger partial charge in [-0.1, -0.05) is 0 Å². The summed E-state index contributed by atoms with van der Waals surface area (Å²) in [5.74, 6) is 1.58. The zero-order valence-electron chi connectivity index (χ0n) is 13.6. The maximum absolute atomic E-state index is 4.54. The van der Waals surface area contributed by atoms with Gasteiger partial charge in [0.15, 0.2) is 5.96 Å². The van der Waals surface area contributed by atoms with Crippen molar-refractivity contribution >= 4 is 17.3 Å². The third-order valence-corrected chi connectivity index (χ3v) is 5.06. The zero-order chi connectivity index (χ0) is 15.2. The third kappa shape index (κ3) is 4.97. The summed E-state index contributed by atoms with van der Waals surface area (Å²) in [7, 11) is 4.02. The molecule has 2 N–H and O–H groups in total. The molecule has 1 fully saturated rings. The van der Waals surface area contributed by atoms with Crippen LogP contribution in [0.2, 0.25) is 0 Å². The van der Waals surface area contributed by atoms with Crippen molar-refractivity contribution in [2.75, 3.05) is 33.7 Å². The maximum atomic E-state index is 4.54. The molecule has 0 aliphatic carbocycles. The molecule has 0 spiro atoms. The van der Waals surface area contributed by atoms with Crippen LogP contribution in [0.15, 0.2) is 4.99 Å². The number of guanidine groups is 1. The molecule has 2 rings (SSSR count). The average molecular weight is 309 g/mol. The number of aromatic nitrogens is 1. The van der Waals surface area contributed by atoms with Crippen molar-refractivity contribution in [2.24, 2.45) is 10.9 Å². The van der Waals surface area contributed by atoms with Gasteiger partial charge in [-0.2, -0.15) is 0 Å². The largest absolute Gasteiger partial charge is 0.356 e. The van der Waals surface area contributed by atoms with Crippen molar-refractivity contribution in [2.45, 2.75) is 33.2 Å². The molecule has 118 valence electrons. The van der Waals surface area contributed by atoms with E-state index in [1.54, 1.807) is 11.3 Å². The van der Waals surface area contributed by atoms with Gasteiger partial charge < -0.3 is 15.5 Å². The summed E-state index contributed by atoms with van der Waals surface area (Å²) < 4.78 is 0. The van der Waals surface area contributed by atoms with E-state index in [2.05, 4.69) is 46.4 Å². The lowest BCUT2D eigenvalue weighted by Gasteiger charge is -2.30. The highest BCUT2D eigenvalue weighted by Gasteiger charge is 2.17. The number of hydrogen-bond donors (Lipinski definition) is 2. The molecule has 0 aromatic carbocycles. The van der Waals surface area contributed by atoms with Crippen molar-refractivity contribution in [1.29, 1.82) is 0 Å². The highest BCUT2D eigenvalue weighted by atomic mass is 32.1. The Kier molecular flexibility index (Phi) is 5.99. The molecular weight excluding hydrogens is 282 g/mol. The number of nitrogens with zero attached hydrogens (tertiary/aromatic N) is 3. The predicted octanol–water partition coefficient (Wildman–Crippen LogP) is 1.77. The van der Waals surface area contributed by atoms with Gasteiger partial charge in [-0.05, 0) is 46.2 Å². The maximum Gasteiger partial charge on any atom is 0.191 e. The van der Waals surface area contributed by atoms with Crippen LogP contribution in [0.1, 0.15) is 28.4 Å². The van der Waals surface area contributed by atoms with E-state index in [0.717, 1.165) is 29.8 Å². The molecule has 0 radical (unpaired) electrons. The quantitative estimate of drug-likeness (QED) is 0.657. The molecule has 1 aromatic heterocycles. The Morgan fingerprint density at radius 1 is 1.43 bits per heavy atom. The molecule has 0 saturated carbocycles. The molecule has 1 saturated heterocycles. The molecule has 5 nitrogen and oxygen atoms in total. The van der Waals surface area contributed by atoms with Gasteiger partial charge in [-0.25, -0.2) is 4.98 Å². The highest BCUT2D eigenvalue weighted by Crippen LogP contribution is 2.16. The van der Waals surface area contributed by atoms with Crippen LogP contribution < -0.4 is 10.6 Å². The molecule has 1 atom stereocenters. The van der Waals surface area contributed by atoms with E-state index >= 15 is 0 Å². The first-order valence-electron chi connectivity index (χ1n) is 7.64. The van der Waals surface area contributed by atoms with Crippen LogP contribution in [0.4, 0.5) is 0 Å². The lowest BCUT2D eigenvalue weighted by Crippen LogP contribution is -2.43. The molecule has 0 bridgehead atoms. The first kappa shape index (κ1) is 16.2. The monoisotopic (exact) mass is 309 g/mol. The molecule has 2 heterocycles. The minimum atomic E-state index is 0.714. The Morgan fingerprint density at radius 3 is 2.86 bits per heavy atom. The minimum absolute atomic E-state index is 0.714. The Morgan fingerprint density at radius 2 is 2.24 bits per heavy atom. The van der Waals surface area contributed by atoms with E-state index in [9.17, 15) is 0 Å². The second-order valence-electron chi connectivity index (χ2n) is 5.83. The fourth-order valence-corrected chi connectivity index (χ4v) is 3.55. The summed E-state index contributed by atoms with van der Waals surface area (Å²) in [4.78, 5) is 12.5. The van der Waals surface area contributed by atoms with Gasteiger partial charge >= 0.3 is 0 Å². The molecule has 1 aromatic rings. The Bertz CT molecular complexity index is 463. The van der Waals surface area contributed by atoms with Crippen LogP contribution in [-0.2, 0) is 6.54 Å². The van der Waals surface area contributed by atoms with Gasteiger partial charge in [-0.3, -0.25) is 4.99 Å². The SMILES string of the molecule is CN=C(NCc1nc(C)c(C)s1)NCC1CCCN(C)C1. The van der Waals surface area contributed by atoms with Crippen molar-refractivity contribution in [3.63, 3.8) is 0 Å². The van der Waals surface area contributed by atoms with E-state index < -0.39 is 0 Å². The van der Waals surface area contributed by atoms with E-state index in [1.165, 1.54) is 30.8 Å². The fraction of sp³-hybridized carbons (Fsp3) is 0.733. The number of thiazole rings is 1. The van der Waals surface area contributed by atoms with Gasteiger partial charge in [0.2, 0.25) is 0 Å². The normalized spacial score (nSPS) is 20.6. The minimum Gasteiger partial charge on any atom is -0.356 e. The van der Waals surface area contributed by atoms with Gasteiger partial charge in [0.1, 0.15) is 5.01 Å². The lowest BCUT2D eigenvalue weighted by atomic mass is 9.99. The van der Waals surface area contributed by atoms with Gasteiger partial charge in [0, 0.05) is 25.0 Å². The summed E-state index contributed by atoms with van der Waals surface area (Å²) in [6, 6.07) is 0. The van der Waals surface area contributed by atoms with E-state index in [4.69, 9.17) is 0 Å². The van der Waals surface area contributed by atoms with E-state index in [1.807, 2.05) is 7.05 Å². The number of likely N-dealkylation sites (tertiary alicyclic amines) is 1. The smallest absolute Gasteiger partial charge is 0.191 e. The molecule has 1 aliphatic heterocycles. The van der Waals surface area contributed by atoms with Gasteiger partial charge in [0.05, 0.1) is 12.2 Å². The van der Waals surface area contributed by atoms with Crippen LogP contribution in [0.25, 0.3) is 0 Å². The summed E-state index contributed by atoms with van der Waals surface area (Å²) in [5, 5.41) is 7.91. The van der Waals surface area contributed by atoms with E-state index in [0.29, 0.717) is 5.92 Å². The molecule has 21 heavy (non-hydrogen) atoms. The number of piperidine rings is 1.